The largest absolute Gasteiger partial charge is 0.492 e. The van der Waals surface area contributed by atoms with Gasteiger partial charge in [0.05, 0.1) is 19.6 Å². The molecule has 1 aliphatic heterocycles. The smallest absolute Gasteiger partial charge is 0.303 e. The van der Waals surface area contributed by atoms with Gasteiger partial charge in [-0.3, -0.25) is 14.5 Å². The van der Waals surface area contributed by atoms with E-state index in [1.54, 1.807) is 0 Å². The molecule has 1 aromatic carbocycles. The number of hydrogen-bond donors (Lipinski definition) is 2. The van der Waals surface area contributed by atoms with Crippen molar-refractivity contribution in [2.75, 3.05) is 39.5 Å². The lowest BCUT2D eigenvalue weighted by molar-refractivity contribution is -0.138. The normalized spacial score (nSPS) is 15.0. The van der Waals surface area contributed by atoms with Crippen LogP contribution >= 0.6 is 0 Å². The molecule has 24 heavy (non-hydrogen) atoms. The highest BCUT2D eigenvalue weighted by Gasteiger charge is 2.09. The zero-order chi connectivity index (χ0) is 17.2. The summed E-state index contributed by atoms with van der Waals surface area (Å²) in [4.78, 5) is 24.2. The van der Waals surface area contributed by atoms with Crippen LogP contribution in [0.25, 0.3) is 0 Å². The number of ether oxygens (including phenoxy) is 2. The Morgan fingerprint density at radius 1 is 1.17 bits per heavy atom. The summed E-state index contributed by atoms with van der Waals surface area (Å²) in [7, 11) is 0. The van der Waals surface area contributed by atoms with Crippen LogP contribution in [0.1, 0.15) is 18.4 Å². The number of carbonyl (C=O) groups excluding carboxylic acids is 1. The maximum atomic E-state index is 11.5. The molecule has 1 amide bonds. The van der Waals surface area contributed by atoms with Gasteiger partial charge in [0.2, 0.25) is 5.91 Å². The third-order valence-electron chi connectivity index (χ3n) is 3.76. The van der Waals surface area contributed by atoms with Crippen LogP contribution in [0.5, 0.6) is 5.75 Å². The first-order valence-corrected chi connectivity index (χ1v) is 8.14. The average molecular weight is 336 g/mol. The van der Waals surface area contributed by atoms with E-state index < -0.39 is 5.97 Å². The Bertz CT molecular complexity index is 526. The maximum Gasteiger partial charge on any atom is 0.303 e. The first-order valence-electron chi connectivity index (χ1n) is 8.14. The van der Waals surface area contributed by atoms with Gasteiger partial charge in [-0.1, -0.05) is 12.1 Å². The van der Waals surface area contributed by atoms with Gasteiger partial charge < -0.3 is 19.9 Å². The molecular weight excluding hydrogens is 312 g/mol. The molecule has 1 heterocycles. The van der Waals surface area contributed by atoms with Gasteiger partial charge in [-0.05, 0) is 17.7 Å². The first kappa shape index (κ1) is 18.2. The predicted octanol–water partition coefficient (Wildman–Crippen LogP) is 0.879. The summed E-state index contributed by atoms with van der Waals surface area (Å²) in [5.41, 5.74) is 0.944. The number of hydrogen-bond acceptors (Lipinski definition) is 5. The van der Waals surface area contributed by atoms with Crippen molar-refractivity contribution >= 4 is 11.9 Å². The Kier molecular flexibility index (Phi) is 7.51. The molecule has 7 heteroatoms. The van der Waals surface area contributed by atoms with Crippen LogP contribution in [0.15, 0.2) is 24.3 Å². The molecule has 0 radical (unpaired) electrons. The Balaban J connectivity index is 1.64. The van der Waals surface area contributed by atoms with Crippen molar-refractivity contribution in [2.45, 2.75) is 19.4 Å². The molecule has 0 spiro atoms. The second-order valence-electron chi connectivity index (χ2n) is 5.62. The number of aliphatic carboxylic acids is 1. The highest BCUT2D eigenvalue weighted by Crippen LogP contribution is 2.12. The van der Waals surface area contributed by atoms with Crippen molar-refractivity contribution < 1.29 is 24.2 Å². The third-order valence-corrected chi connectivity index (χ3v) is 3.76. The molecule has 1 saturated heterocycles. The van der Waals surface area contributed by atoms with Crippen LogP contribution in [0.2, 0.25) is 0 Å². The van der Waals surface area contributed by atoms with E-state index in [9.17, 15) is 9.59 Å². The van der Waals surface area contributed by atoms with Gasteiger partial charge in [-0.25, -0.2) is 0 Å². The fourth-order valence-corrected chi connectivity index (χ4v) is 2.33. The second-order valence-corrected chi connectivity index (χ2v) is 5.62. The van der Waals surface area contributed by atoms with Gasteiger partial charge in [-0.15, -0.1) is 0 Å². The summed E-state index contributed by atoms with van der Waals surface area (Å²) in [6.45, 7) is 5.36. The lowest BCUT2D eigenvalue weighted by atomic mass is 10.2. The molecule has 1 aliphatic rings. The van der Waals surface area contributed by atoms with E-state index in [-0.39, 0.29) is 18.7 Å². The molecule has 0 aliphatic carbocycles. The van der Waals surface area contributed by atoms with Gasteiger partial charge in [-0.2, -0.15) is 0 Å². The van der Waals surface area contributed by atoms with E-state index in [1.165, 1.54) is 0 Å². The minimum absolute atomic E-state index is 0.00192. The molecule has 2 N–H and O–H groups in total. The molecule has 1 fully saturated rings. The van der Waals surface area contributed by atoms with E-state index in [0.717, 1.165) is 44.2 Å². The number of morpholine rings is 1. The van der Waals surface area contributed by atoms with E-state index >= 15 is 0 Å². The Morgan fingerprint density at radius 2 is 1.88 bits per heavy atom. The Labute approximate surface area is 141 Å². The van der Waals surface area contributed by atoms with E-state index in [4.69, 9.17) is 14.6 Å². The molecule has 0 saturated carbocycles. The summed E-state index contributed by atoms with van der Waals surface area (Å²) in [6.07, 6.45) is -0.153. The molecule has 0 aromatic heterocycles. The quantitative estimate of drug-likeness (QED) is 0.696. The lowest BCUT2D eigenvalue weighted by Crippen LogP contribution is -2.38. The molecule has 0 bridgehead atoms. The number of rotatable bonds is 9. The maximum absolute atomic E-state index is 11.5. The SMILES string of the molecule is O=C(O)CCC(=O)NCc1ccc(OCCN2CCOCC2)cc1. The molecular formula is C17H24N2O5. The molecule has 7 nitrogen and oxygen atoms in total. The number of carboxylic acids is 1. The first-order chi connectivity index (χ1) is 11.6. The van der Waals surface area contributed by atoms with Crippen molar-refractivity contribution in [3.05, 3.63) is 29.8 Å². The van der Waals surface area contributed by atoms with Crippen molar-refractivity contribution in [1.82, 2.24) is 10.2 Å². The van der Waals surface area contributed by atoms with Crippen LogP contribution in [0.4, 0.5) is 0 Å². The van der Waals surface area contributed by atoms with Crippen molar-refractivity contribution in [1.29, 1.82) is 0 Å². The Hall–Kier alpha value is -2.12. The van der Waals surface area contributed by atoms with Crippen molar-refractivity contribution in [2.24, 2.45) is 0 Å². The van der Waals surface area contributed by atoms with Crippen LogP contribution in [-0.2, 0) is 20.9 Å². The summed E-state index contributed by atoms with van der Waals surface area (Å²) in [5, 5.41) is 11.2. The van der Waals surface area contributed by atoms with Gasteiger partial charge in [0.15, 0.2) is 0 Å². The van der Waals surface area contributed by atoms with Crippen molar-refractivity contribution in [3.8, 4) is 5.75 Å². The average Bonchev–Trinajstić information content (AvgIpc) is 2.60. The van der Waals surface area contributed by atoms with Gasteiger partial charge >= 0.3 is 5.97 Å². The number of carboxylic acid groups (broad SMARTS) is 1. The van der Waals surface area contributed by atoms with Crippen LogP contribution < -0.4 is 10.1 Å². The van der Waals surface area contributed by atoms with Gasteiger partial charge in [0, 0.05) is 32.6 Å². The standard InChI is InChI=1S/C17H24N2O5/c20-16(5-6-17(21)22)18-13-14-1-3-15(4-2-14)24-12-9-19-7-10-23-11-8-19/h1-4H,5-13H2,(H,18,20)(H,21,22). The van der Waals surface area contributed by atoms with E-state index in [1.807, 2.05) is 24.3 Å². The highest BCUT2D eigenvalue weighted by molar-refractivity contribution is 5.80. The predicted molar refractivity (Wildman–Crippen MR) is 87.9 cm³/mol. The highest BCUT2D eigenvalue weighted by atomic mass is 16.5. The molecule has 1 aromatic rings. The minimum atomic E-state index is -0.969. The number of nitrogens with zero attached hydrogens (tertiary/aromatic N) is 1. The number of nitrogens with one attached hydrogen (secondary N) is 1. The van der Waals surface area contributed by atoms with Gasteiger partial charge in [0.25, 0.3) is 0 Å². The second kappa shape index (κ2) is 9.89. The van der Waals surface area contributed by atoms with Gasteiger partial charge in [0.1, 0.15) is 12.4 Å². The summed E-state index contributed by atoms with van der Waals surface area (Å²) < 4.78 is 11.0. The van der Waals surface area contributed by atoms with Crippen LogP contribution in [0.3, 0.4) is 0 Å². The fraction of sp³-hybridized carbons (Fsp3) is 0.529. The molecule has 0 atom stereocenters. The minimum Gasteiger partial charge on any atom is -0.492 e. The topological polar surface area (TPSA) is 88.1 Å². The van der Waals surface area contributed by atoms with Crippen LogP contribution in [0, 0.1) is 0 Å². The Morgan fingerprint density at radius 3 is 2.54 bits per heavy atom. The zero-order valence-corrected chi connectivity index (χ0v) is 13.7. The monoisotopic (exact) mass is 336 g/mol. The summed E-state index contributed by atoms with van der Waals surface area (Å²) in [6, 6.07) is 7.53. The lowest BCUT2D eigenvalue weighted by Gasteiger charge is -2.26. The zero-order valence-electron chi connectivity index (χ0n) is 13.7. The fourth-order valence-electron chi connectivity index (χ4n) is 2.33. The van der Waals surface area contributed by atoms with Crippen molar-refractivity contribution in [3.63, 3.8) is 0 Å². The summed E-state index contributed by atoms with van der Waals surface area (Å²) >= 11 is 0. The van der Waals surface area contributed by atoms with E-state index in [0.29, 0.717) is 13.2 Å². The number of carbonyl (C=O) groups is 2. The van der Waals surface area contributed by atoms with E-state index in [2.05, 4.69) is 10.2 Å². The molecule has 0 unspecified atom stereocenters. The molecule has 2 rings (SSSR count). The molecule has 132 valence electrons. The number of benzene rings is 1. The number of amides is 1. The third kappa shape index (κ3) is 6.97. The summed E-state index contributed by atoms with van der Waals surface area (Å²) in [5.74, 6) is -0.434. The van der Waals surface area contributed by atoms with Crippen LogP contribution in [-0.4, -0.2) is 61.3 Å².